The first-order chi connectivity index (χ1) is 9.07. The Labute approximate surface area is 117 Å². The van der Waals surface area contributed by atoms with Crippen LogP contribution in [0.15, 0.2) is 24.3 Å². The molecule has 0 aliphatic heterocycles. The lowest BCUT2D eigenvalue weighted by molar-refractivity contribution is -0.124. The number of hydrogen-bond donors (Lipinski definition) is 2. The second kappa shape index (κ2) is 6.26. The summed E-state index contributed by atoms with van der Waals surface area (Å²) in [6.45, 7) is 0.244. The van der Waals surface area contributed by atoms with Crippen molar-refractivity contribution in [3.63, 3.8) is 0 Å². The van der Waals surface area contributed by atoms with Crippen molar-refractivity contribution in [2.24, 2.45) is 0 Å². The van der Waals surface area contributed by atoms with E-state index in [-0.39, 0.29) is 12.5 Å². The van der Waals surface area contributed by atoms with Crippen LogP contribution in [0.25, 0.3) is 0 Å². The molecule has 1 aromatic carbocycles. The van der Waals surface area contributed by atoms with E-state index in [1.165, 1.54) is 0 Å². The zero-order chi connectivity index (χ0) is 13.7. The molecule has 0 spiro atoms. The Morgan fingerprint density at radius 2 is 1.95 bits per heavy atom. The highest BCUT2D eigenvalue weighted by Gasteiger charge is 2.31. The number of halogens is 1. The molecule has 0 bridgehead atoms. The van der Waals surface area contributed by atoms with Crippen LogP contribution in [0.1, 0.15) is 25.7 Å². The number of nitrogens with one attached hydrogen (secondary N) is 1. The van der Waals surface area contributed by atoms with E-state index in [0.717, 1.165) is 25.7 Å². The zero-order valence-corrected chi connectivity index (χ0v) is 11.4. The molecule has 0 unspecified atom stereocenters. The Balaban J connectivity index is 1.71. The van der Waals surface area contributed by atoms with E-state index in [1.807, 2.05) is 0 Å². The molecule has 5 heteroatoms. The van der Waals surface area contributed by atoms with Crippen LogP contribution < -0.4 is 10.1 Å². The highest BCUT2D eigenvalue weighted by atomic mass is 35.5. The lowest BCUT2D eigenvalue weighted by Crippen LogP contribution is -2.42. The average Bonchev–Trinajstić information content (AvgIpc) is 2.83. The van der Waals surface area contributed by atoms with Crippen LogP contribution in [0, 0.1) is 0 Å². The number of ether oxygens (including phenoxy) is 1. The minimum Gasteiger partial charge on any atom is -0.484 e. The highest BCUT2D eigenvalue weighted by Crippen LogP contribution is 2.28. The number of aliphatic hydroxyl groups is 1. The van der Waals surface area contributed by atoms with Crippen LogP contribution in [0.3, 0.4) is 0 Å². The van der Waals surface area contributed by atoms with E-state index in [0.29, 0.717) is 17.3 Å². The van der Waals surface area contributed by atoms with E-state index in [2.05, 4.69) is 5.32 Å². The predicted octanol–water partition coefficient (Wildman–Crippen LogP) is 2.14. The molecule has 0 atom stereocenters. The largest absolute Gasteiger partial charge is 0.484 e. The molecule has 1 saturated carbocycles. The molecule has 4 nitrogen and oxygen atoms in total. The smallest absolute Gasteiger partial charge is 0.258 e. The van der Waals surface area contributed by atoms with Crippen molar-refractivity contribution in [2.75, 3.05) is 13.2 Å². The maximum absolute atomic E-state index is 11.6. The lowest BCUT2D eigenvalue weighted by atomic mass is 10.0. The van der Waals surface area contributed by atoms with Crippen LogP contribution in [0.5, 0.6) is 5.75 Å². The maximum Gasteiger partial charge on any atom is 0.258 e. The van der Waals surface area contributed by atoms with Gasteiger partial charge in [-0.3, -0.25) is 4.79 Å². The fourth-order valence-corrected chi connectivity index (χ4v) is 2.33. The van der Waals surface area contributed by atoms with Crippen LogP contribution in [-0.4, -0.2) is 29.8 Å². The topological polar surface area (TPSA) is 58.6 Å². The van der Waals surface area contributed by atoms with Gasteiger partial charge >= 0.3 is 0 Å². The number of carbonyl (C=O) groups excluding carboxylic acids is 1. The van der Waals surface area contributed by atoms with Crippen molar-refractivity contribution < 1.29 is 14.6 Å². The summed E-state index contributed by atoms with van der Waals surface area (Å²) in [5.74, 6) is 0.370. The van der Waals surface area contributed by atoms with Gasteiger partial charge in [-0.1, -0.05) is 24.4 Å². The van der Waals surface area contributed by atoms with E-state index in [9.17, 15) is 9.90 Å². The van der Waals surface area contributed by atoms with Crippen molar-refractivity contribution >= 4 is 17.5 Å². The molecule has 1 fully saturated rings. The van der Waals surface area contributed by atoms with Gasteiger partial charge in [0.05, 0.1) is 5.60 Å². The molecular weight excluding hydrogens is 266 g/mol. The minimum atomic E-state index is -0.726. The summed E-state index contributed by atoms with van der Waals surface area (Å²) < 4.78 is 5.32. The van der Waals surface area contributed by atoms with Gasteiger partial charge in [-0.25, -0.2) is 0 Å². The SMILES string of the molecule is O=C(COc1ccc(Cl)cc1)NCC1(O)CCCC1. The number of benzene rings is 1. The molecule has 0 aromatic heterocycles. The van der Waals surface area contributed by atoms with Gasteiger partial charge in [-0.05, 0) is 37.1 Å². The van der Waals surface area contributed by atoms with Crippen molar-refractivity contribution in [3.05, 3.63) is 29.3 Å². The van der Waals surface area contributed by atoms with Gasteiger partial charge in [0.15, 0.2) is 6.61 Å². The monoisotopic (exact) mass is 283 g/mol. The molecule has 1 aromatic rings. The Kier molecular flexibility index (Phi) is 4.66. The van der Waals surface area contributed by atoms with Gasteiger partial charge in [0.1, 0.15) is 5.75 Å². The highest BCUT2D eigenvalue weighted by molar-refractivity contribution is 6.30. The summed E-state index contributed by atoms with van der Waals surface area (Å²) >= 11 is 5.75. The summed E-state index contributed by atoms with van der Waals surface area (Å²) in [5.41, 5.74) is -0.726. The first-order valence-electron chi connectivity index (χ1n) is 6.45. The summed E-state index contributed by atoms with van der Waals surface area (Å²) in [7, 11) is 0. The fourth-order valence-electron chi connectivity index (χ4n) is 2.20. The van der Waals surface area contributed by atoms with Gasteiger partial charge in [-0.2, -0.15) is 0 Å². The maximum atomic E-state index is 11.6. The van der Waals surface area contributed by atoms with Crippen LogP contribution in [-0.2, 0) is 4.79 Å². The molecular formula is C14H18ClNO3. The second-order valence-electron chi connectivity index (χ2n) is 4.95. The van der Waals surface area contributed by atoms with E-state index >= 15 is 0 Å². The van der Waals surface area contributed by atoms with Gasteiger partial charge in [0, 0.05) is 11.6 Å². The molecule has 1 aliphatic carbocycles. The van der Waals surface area contributed by atoms with E-state index < -0.39 is 5.60 Å². The second-order valence-corrected chi connectivity index (χ2v) is 5.39. The van der Waals surface area contributed by atoms with Crippen molar-refractivity contribution in [2.45, 2.75) is 31.3 Å². The lowest BCUT2D eigenvalue weighted by Gasteiger charge is -2.22. The molecule has 1 aliphatic rings. The number of hydrogen-bond acceptors (Lipinski definition) is 3. The Hall–Kier alpha value is -1.26. The Bertz CT molecular complexity index is 427. The number of amides is 1. The molecule has 0 radical (unpaired) electrons. The molecule has 0 heterocycles. The quantitative estimate of drug-likeness (QED) is 0.870. The molecule has 0 saturated heterocycles. The standard InChI is InChI=1S/C14H18ClNO3/c15-11-3-5-12(6-4-11)19-9-13(17)16-10-14(18)7-1-2-8-14/h3-6,18H,1-2,7-10H2,(H,16,17). The third-order valence-electron chi connectivity index (χ3n) is 3.33. The number of carbonyl (C=O) groups is 1. The Morgan fingerprint density at radius 1 is 1.32 bits per heavy atom. The van der Waals surface area contributed by atoms with Crippen molar-refractivity contribution in [1.82, 2.24) is 5.32 Å². The number of rotatable bonds is 5. The first kappa shape index (κ1) is 14.2. The third-order valence-corrected chi connectivity index (χ3v) is 3.58. The molecule has 19 heavy (non-hydrogen) atoms. The first-order valence-corrected chi connectivity index (χ1v) is 6.83. The molecule has 104 valence electrons. The predicted molar refractivity (Wildman–Crippen MR) is 73.4 cm³/mol. The summed E-state index contributed by atoms with van der Waals surface area (Å²) in [4.78, 5) is 11.6. The summed E-state index contributed by atoms with van der Waals surface area (Å²) in [5, 5.41) is 13.4. The van der Waals surface area contributed by atoms with E-state index in [1.54, 1.807) is 24.3 Å². The summed E-state index contributed by atoms with van der Waals surface area (Å²) in [6, 6.07) is 6.83. The minimum absolute atomic E-state index is 0.0578. The fraction of sp³-hybridized carbons (Fsp3) is 0.500. The van der Waals surface area contributed by atoms with Crippen molar-refractivity contribution in [3.8, 4) is 5.75 Å². The Morgan fingerprint density at radius 3 is 2.58 bits per heavy atom. The van der Waals surface area contributed by atoms with Crippen LogP contribution in [0.2, 0.25) is 5.02 Å². The van der Waals surface area contributed by atoms with Crippen LogP contribution in [0.4, 0.5) is 0 Å². The van der Waals surface area contributed by atoms with Gasteiger partial charge in [0.2, 0.25) is 0 Å². The van der Waals surface area contributed by atoms with Crippen molar-refractivity contribution in [1.29, 1.82) is 0 Å². The van der Waals surface area contributed by atoms with Crippen LogP contribution >= 0.6 is 11.6 Å². The zero-order valence-electron chi connectivity index (χ0n) is 10.7. The van der Waals surface area contributed by atoms with E-state index in [4.69, 9.17) is 16.3 Å². The normalized spacial score (nSPS) is 17.2. The van der Waals surface area contributed by atoms with Gasteiger partial charge in [-0.15, -0.1) is 0 Å². The molecule has 1 amide bonds. The molecule has 2 N–H and O–H groups in total. The van der Waals surface area contributed by atoms with Gasteiger partial charge in [0.25, 0.3) is 5.91 Å². The van der Waals surface area contributed by atoms with Gasteiger partial charge < -0.3 is 15.2 Å². The summed E-state index contributed by atoms with van der Waals surface area (Å²) in [6.07, 6.45) is 3.55. The third kappa shape index (κ3) is 4.40. The molecule has 2 rings (SSSR count). The average molecular weight is 284 g/mol.